The third-order valence-electron chi connectivity index (χ3n) is 5.64. The number of carbonyl (C=O) groups excluding carboxylic acids is 2. The molecule has 146 valence electrons. The molecule has 0 saturated carbocycles. The summed E-state index contributed by atoms with van der Waals surface area (Å²) >= 11 is 0. The molecule has 0 radical (unpaired) electrons. The highest BCUT2D eigenvalue weighted by molar-refractivity contribution is 5.80. The number of ether oxygens (including phenoxy) is 2. The minimum atomic E-state index is -0.145. The summed E-state index contributed by atoms with van der Waals surface area (Å²) < 4.78 is 11.0. The summed E-state index contributed by atoms with van der Waals surface area (Å²) in [5.41, 5.74) is 1.09. The zero-order valence-electron chi connectivity index (χ0n) is 15.6. The molecule has 3 heterocycles. The van der Waals surface area contributed by atoms with Gasteiger partial charge in [0.15, 0.2) is 0 Å². The van der Waals surface area contributed by atoms with E-state index < -0.39 is 0 Å². The molecule has 0 bridgehead atoms. The summed E-state index contributed by atoms with van der Waals surface area (Å²) in [6, 6.07) is 8.12. The molecule has 1 aromatic rings. The lowest BCUT2D eigenvalue weighted by molar-refractivity contribution is -0.127. The van der Waals surface area contributed by atoms with Gasteiger partial charge in [-0.1, -0.05) is 18.2 Å². The number of likely N-dealkylation sites (tertiary alicyclic amines) is 1. The van der Waals surface area contributed by atoms with E-state index in [2.05, 4.69) is 5.32 Å². The van der Waals surface area contributed by atoms with Gasteiger partial charge in [0.05, 0.1) is 19.1 Å². The molecule has 0 spiro atoms. The van der Waals surface area contributed by atoms with Crippen LogP contribution >= 0.6 is 0 Å². The van der Waals surface area contributed by atoms with Crippen molar-refractivity contribution in [3.8, 4) is 5.75 Å². The third kappa shape index (κ3) is 4.18. The number of hydrogen-bond acceptors (Lipinski definition) is 4. The first-order valence-electron chi connectivity index (χ1n) is 9.83. The van der Waals surface area contributed by atoms with Crippen molar-refractivity contribution in [3.63, 3.8) is 0 Å². The molecular weight excluding hydrogens is 346 g/mol. The normalized spacial score (nSPS) is 23.3. The van der Waals surface area contributed by atoms with Crippen molar-refractivity contribution in [1.29, 1.82) is 0 Å². The number of morpholine rings is 1. The highest BCUT2D eigenvalue weighted by Gasteiger charge is 2.31. The lowest BCUT2D eigenvalue weighted by Crippen LogP contribution is -2.53. The first-order valence-corrected chi connectivity index (χ1v) is 9.83. The van der Waals surface area contributed by atoms with Crippen molar-refractivity contribution >= 4 is 11.9 Å². The first kappa shape index (κ1) is 18.1. The van der Waals surface area contributed by atoms with Gasteiger partial charge in [-0.3, -0.25) is 4.79 Å². The van der Waals surface area contributed by atoms with E-state index in [-0.39, 0.29) is 23.9 Å². The van der Waals surface area contributed by atoms with Crippen molar-refractivity contribution in [2.75, 3.05) is 46.0 Å². The summed E-state index contributed by atoms with van der Waals surface area (Å²) in [5, 5.41) is 3.17. The molecule has 0 aliphatic carbocycles. The SMILES string of the molecule is O=C(NC1CCN(C(=O)N2CCOCC2)CC1)[C@@H]1COc2ccccc2C1. The van der Waals surface area contributed by atoms with Crippen LogP contribution in [0.25, 0.3) is 0 Å². The Morgan fingerprint density at radius 3 is 2.48 bits per heavy atom. The van der Waals surface area contributed by atoms with E-state index in [0.29, 0.717) is 46.0 Å². The number of fused-ring (bicyclic) bond motifs is 1. The number of piperidine rings is 1. The largest absolute Gasteiger partial charge is 0.492 e. The Kier molecular flexibility index (Phi) is 5.48. The van der Waals surface area contributed by atoms with Crippen LogP contribution in [0.5, 0.6) is 5.75 Å². The smallest absolute Gasteiger partial charge is 0.320 e. The van der Waals surface area contributed by atoms with Crippen LogP contribution in [-0.2, 0) is 16.0 Å². The maximum absolute atomic E-state index is 12.6. The zero-order valence-corrected chi connectivity index (χ0v) is 15.6. The van der Waals surface area contributed by atoms with Crippen LogP contribution in [0.4, 0.5) is 4.79 Å². The van der Waals surface area contributed by atoms with E-state index in [1.807, 2.05) is 34.1 Å². The molecule has 27 heavy (non-hydrogen) atoms. The molecule has 7 nitrogen and oxygen atoms in total. The van der Waals surface area contributed by atoms with E-state index in [0.717, 1.165) is 30.6 Å². The Hall–Kier alpha value is -2.28. The number of amides is 3. The van der Waals surface area contributed by atoms with Crippen LogP contribution in [0.2, 0.25) is 0 Å². The van der Waals surface area contributed by atoms with Crippen molar-refractivity contribution in [3.05, 3.63) is 29.8 Å². The van der Waals surface area contributed by atoms with Gasteiger partial charge in [0, 0.05) is 32.2 Å². The van der Waals surface area contributed by atoms with E-state index in [4.69, 9.17) is 9.47 Å². The second-order valence-electron chi connectivity index (χ2n) is 7.47. The molecule has 7 heteroatoms. The number of urea groups is 1. The average molecular weight is 373 g/mol. The fourth-order valence-corrected chi connectivity index (χ4v) is 3.99. The highest BCUT2D eigenvalue weighted by Crippen LogP contribution is 2.27. The van der Waals surface area contributed by atoms with Crippen LogP contribution in [0.1, 0.15) is 18.4 Å². The predicted octanol–water partition coefficient (Wildman–Crippen LogP) is 1.27. The van der Waals surface area contributed by atoms with Gasteiger partial charge < -0.3 is 24.6 Å². The summed E-state index contributed by atoms with van der Waals surface area (Å²) in [7, 11) is 0. The molecule has 2 fully saturated rings. The Morgan fingerprint density at radius 1 is 1.00 bits per heavy atom. The van der Waals surface area contributed by atoms with Crippen molar-refractivity contribution < 1.29 is 19.1 Å². The van der Waals surface area contributed by atoms with E-state index in [1.165, 1.54) is 0 Å². The number of rotatable bonds is 2. The van der Waals surface area contributed by atoms with Gasteiger partial charge in [-0.25, -0.2) is 4.79 Å². The van der Waals surface area contributed by atoms with Gasteiger partial charge in [-0.15, -0.1) is 0 Å². The topological polar surface area (TPSA) is 71.1 Å². The highest BCUT2D eigenvalue weighted by atomic mass is 16.5. The maximum atomic E-state index is 12.6. The van der Waals surface area contributed by atoms with Gasteiger partial charge in [0.25, 0.3) is 0 Å². The molecule has 1 N–H and O–H groups in total. The fraction of sp³-hybridized carbons (Fsp3) is 0.600. The minimum absolute atomic E-state index is 0.0578. The fourth-order valence-electron chi connectivity index (χ4n) is 3.99. The Balaban J connectivity index is 1.24. The second kappa shape index (κ2) is 8.17. The predicted molar refractivity (Wildman–Crippen MR) is 99.7 cm³/mol. The Bertz CT molecular complexity index is 682. The lowest BCUT2D eigenvalue weighted by atomic mass is 9.95. The summed E-state index contributed by atoms with van der Waals surface area (Å²) in [4.78, 5) is 28.9. The second-order valence-corrected chi connectivity index (χ2v) is 7.47. The third-order valence-corrected chi connectivity index (χ3v) is 5.64. The van der Waals surface area contributed by atoms with Gasteiger partial charge in [0.2, 0.25) is 5.91 Å². The lowest BCUT2D eigenvalue weighted by Gasteiger charge is -2.37. The molecule has 1 aromatic carbocycles. The molecule has 3 aliphatic rings. The molecule has 1 atom stereocenters. The molecule has 0 aromatic heterocycles. The number of carbonyl (C=O) groups is 2. The maximum Gasteiger partial charge on any atom is 0.320 e. The van der Waals surface area contributed by atoms with Crippen molar-refractivity contribution in [1.82, 2.24) is 15.1 Å². The number of hydrogen-bond donors (Lipinski definition) is 1. The van der Waals surface area contributed by atoms with Crippen molar-refractivity contribution in [2.45, 2.75) is 25.3 Å². The summed E-state index contributed by atoms with van der Waals surface area (Å²) in [6.45, 7) is 4.36. The zero-order chi connectivity index (χ0) is 18.6. The number of benzene rings is 1. The van der Waals surface area contributed by atoms with Crippen LogP contribution in [-0.4, -0.2) is 73.8 Å². The quantitative estimate of drug-likeness (QED) is 0.848. The van der Waals surface area contributed by atoms with E-state index in [9.17, 15) is 9.59 Å². The van der Waals surface area contributed by atoms with Crippen LogP contribution in [0, 0.1) is 5.92 Å². The van der Waals surface area contributed by atoms with Crippen LogP contribution in [0.3, 0.4) is 0 Å². The van der Waals surface area contributed by atoms with Crippen LogP contribution < -0.4 is 10.1 Å². The number of nitrogens with one attached hydrogen (secondary N) is 1. The molecule has 2 saturated heterocycles. The Morgan fingerprint density at radius 2 is 1.70 bits per heavy atom. The van der Waals surface area contributed by atoms with Gasteiger partial charge in [-0.2, -0.15) is 0 Å². The van der Waals surface area contributed by atoms with Crippen molar-refractivity contribution in [2.24, 2.45) is 5.92 Å². The summed E-state index contributed by atoms with van der Waals surface area (Å²) in [6.07, 6.45) is 2.31. The number of para-hydroxylation sites is 1. The standard InChI is InChI=1S/C20H27N3O4/c24-19(16-13-15-3-1-2-4-18(15)27-14-16)21-17-5-7-22(8-6-17)20(25)23-9-11-26-12-10-23/h1-4,16-17H,5-14H2,(H,21,24)/t16-/m0/s1. The van der Waals surface area contributed by atoms with E-state index in [1.54, 1.807) is 0 Å². The average Bonchev–Trinajstić information content (AvgIpc) is 2.74. The Labute approximate surface area is 159 Å². The number of nitrogens with zero attached hydrogens (tertiary/aromatic N) is 2. The van der Waals surface area contributed by atoms with Gasteiger partial charge in [0.1, 0.15) is 12.4 Å². The van der Waals surface area contributed by atoms with E-state index >= 15 is 0 Å². The molecule has 4 rings (SSSR count). The van der Waals surface area contributed by atoms with Crippen LogP contribution in [0.15, 0.2) is 24.3 Å². The minimum Gasteiger partial charge on any atom is -0.492 e. The molecule has 3 amide bonds. The van der Waals surface area contributed by atoms with Gasteiger partial charge >= 0.3 is 6.03 Å². The molecule has 3 aliphatic heterocycles. The molecule has 0 unspecified atom stereocenters. The summed E-state index contributed by atoms with van der Waals surface area (Å²) in [5.74, 6) is 0.798. The molecular formula is C20H27N3O4. The monoisotopic (exact) mass is 373 g/mol. The first-order chi connectivity index (χ1) is 13.2. The van der Waals surface area contributed by atoms with Gasteiger partial charge in [-0.05, 0) is 30.9 Å².